The van der Waals surface area contributed by atoms with Crippen LogP contribution in [0.15, 0.2) is 66.0 Å². The number of carbonyl (C=O) groups is 1. The standard InChI is InChI=1S/C25H28N6O2S/c1-3-14-26-22-20-17-28-31(23(20)30-25(29-22)34-4-2)16-15-27-24(32)19-12-8-9-13-21(19)33-18-10-6-5-7-11-18/h5-13,17H,3-4,14-16H2,1-2H3,(H,27,32)(H,26,29,30). The molecule has 0 radical (unpaired) electrons. The fourth-order valence-electron chi connectivity index (χ4n) is 3.40. The van der Waals surface area contributed by atoms with Gasteiger partial charge in [-0.05, 0) is 36.4 Å². The van der Waals surface area contributed by atoms with Crippen LogP contribution in [0.3, 0.4) is 0 Å². The second-order valence-corrected chi connectivity index (χ2v) is 8.72. The van der Waals surface area contributed by atoms with Gasteiger partial charge in [0.05, 0.1) is 23.7 Å². The zero-order valence-corrected chi connectivity index (χ0v) is 20.1. The van der Waals surface area contributed by atoms with E-state index in [9.17, 15) is 4.79 Å². The summed E-state index contributed by atoms with van der Waals surface area (Å²) in [5, 5.41) is 12.4. The minimum atomic E-state index is -0.204. The van der Waals surface area contributed by atoms with Crippen molar-refractivity contribution in [2.45, 2.75) is 32.0 Å². The smallest absolute Gasteiger partial charge is 0.255 e. The predicted molar refractivity (Wildman–Crippen MR) is 136 cm³/mol. The number of ether oxygens (including phenoxy) is 1. The summed E-state index contributed by atoms with van der Waals surface area (Å²) in [4.78, 5) is 22.2. The molecule has 4 rings (SSSR count). The molecule has 0 saturated carbocycles. The molecule has 0 aliphatic rings. The molecule has 0 atom stereocenters. The number of anilines is 1. The highest BCUT2D eigenvalue weighted by Gasteiger charge is 2.15. The molecule has 0 saturated heterocycles. The number of para-hydroxylation sites is 2. The highest BCUT2D eigenvalue weighted by Crippen LogP contribution is 2.26. The van der Waals surface area contributed by atoms with Crippen molar-refractivity contribution >= 4 is 34.5 Å². The van der Waals surface area contributed by atoms with Crippen molar-refractivity contribution in [3.8, 4) is 11.5 Å². The Hall–Kier alpha value is -3.59. The van der Waals surface area contributed by atoms with Crippen LogP contribution in [-0.4, -0.2) is 44.5 Å². The molecule has 2 heterocycles. The number of thioether (sulfide) groups is 1. The quantitative estimate of drug-likeness (QED) is 0.233. The first kappa shape index (κ1) is 23.6. The van der Waals surface area contributed by atoms with Gasteiger partial charge >= 0.3 is 0 Å². The Kier molecular flexibility index (Phi) is 7.98. The molecule has 0 aliphatic carbocycles. The van der Waals surface area contributed by atoms with Gasteiger partial charge in [0, 0.05) is 13.1 Å². The average molecular weight is 477 g/mol. The topological polar surface area (TPSA) is 94.0 Å². The van der Waals surface area contributed by atoms with Crippen LogP contribution in [0.25, 0.3) is 11.0 Å². The van der Waals surface area contributed by atoms with E-state index < -0.39 is 0 Å². The molecule has 2 aromatic carbocycles. The predicted octanol–water partition coefficient (Wildman–Crippen LogP) is 4.98. The SMILES string of the molecule is CCCNc1nc(SCC)nc2c1cnn2CCNC(=O)c1ccccc1Oc1ccccc1. The average Bonchev–Trinajstić information content (AvgIpc) is 3.26. The third kappa shape index (κ3) is 5.66. The summed E-state index contributed by atoms with van der Waals surface area (Å²) in [6.45, 7) is 5.89. The van der Waals surface area contributed by atoms with E-state index in [0.29, 0.717) is 35.3 Å². The molecular weight excluding hydrogens is 448 g/mol. The Balaban J connectivity index is 1.46. The second-order valence-electron chi connectivity index (χ2n) is 7.49. The maximum atomic E-state index is 12.9. The number of nitrogens with one attached hydrogen (secondary N) is 2. The molecule has 0 unspecified atom stereocenters. The maximum Gasteiger partial charge on any atom is 0.255 e. The van der Waals surface area contributed by atoms with Crippen LogP contribution >= 0.6 is 11.8 Å². The molecule has 2 N–H and O–H groups in total. The molecule has 9 heteroatoms. The third-order valence-electron chi connectivity index (χ3n) is 5.00. The monoisotopic (exact) mass is 476 g/mol. The molecular formula is C25H28N6O2S. The van der Waals surface area contributed by atoms with E-state index in [1.165, 1.54) is 0 Å². The third-order valence-corrected chi connectivity index (χ3v) is 5.73. The number of aromatic nitrogens is 4. The molecule has 1 amide bonds. The Morgan fingerprint density at radius 3 is 2.62 bits per heavy atom. The highest BCUT2D eigenvalue weighted by molar-refractivity contribution is 7.99. The summed E-state index contributed by atoms with van der Waals surface area (Å²) in [6.07, 6.45) is 2.77. The van der Waals surface area contributed by atoms with E-state index in [1.54, 1.807) is 34.8 Å². The highest BCUT2D eigenvalue weighted by atomic mass is 32.2. The van der Waals surface area contributed by atoms with Crippen molar-refractivity contribution in [2.75, 3.05) is 24.2 Å². The zero-order chi connectivity index (χ0) is 23.8. The maximum absolute atomic E-state index is 12.9. The molecule has 0 bridgehead atoms. The van der Waals surface area contributed by atoms with Crippen LogP contribution in [0, 0.1) is 0 Å². The Bertz CT molecular complexity index is 1240. The van der Waals surface area contributed by atoms with E-state index in [0.717, 1.165) is 35.6 Å². The fourth-order valence-corrected chi connectivity index (χ4v) is 3.97. The van der Waals surface area contributed by atoms with Gasteiger partial charge in [0.2, 0.25) is 0 Å². The van der Waals surface area contributed by atoms with Crippen LogP contribution in [0.5, 0.6) is 11.5 Å². The van der Waals surface area contributed by atoms with Gasteiger partial charge in [-0.15, -0.1) is 0 Å². The number of hydrogen-bond donors (Lipinski definition) is 2. The lowest BCUT2D eigenvalue weighted by molar-refractivity contribution is 0.0949. The first-order valence-electron chi connectivity index (χ1n) is 11.4. The van der Waals surface area contributed by atoms with Crippen molar-refractivity contribution in [3.63, 3.8) is 0 Å². The van der Waals surface area contributed by atoms with Gasteiger partial charge in [0.15, 0.2) is 10.8 Å². The minimum Gasteiger partial charge on any atom is -0.457 e. The molecule has 0 fully saturated rings. The molecule has 34 heavy (non-hydrogen) atoms. The number of fused-ring (bicyclic) bond motifs is 1. The zero-order valence-electron chi connectivity index (χ0n) is 19.3. The number of benzene rings is 2. The van der Waals surface area contributed by atoms with Crippen LogP contribution in [0.4, 0.5) is 5.82 Å². The van der Waals surface area contributed by atoms with Crippen molar-refractivity contribution in [1.82, 2.24) is 25.1 Å². The molecule has 8 nitrogen and oxygen atoms in total. The van der Waals surface area contributed by atoms with Gasteiger partial charge < -0.3 is 15.4 Å². The van der Waals surface area contributed by atoms with Gasteiger partial charge in [0.25, 0.3) is 5.91 Å². The Morgan fingerprint density at radius 2 is 1.82 bits per heavy atom. The van der Waals surface area contributed by atoms with Crippen LogP contribution in [0.1, 0.15) is 30.6 Å². The Morgan fingerprint density at radius 1 is 1.03 bits per heavy atom. The summed E-state index contributed by atoms with van der Waals surface area (Å²) in [5.74, 6) is 2.66. The van der Waals surface area contributed by atoms with Crippen LogP contribution in [0.2, 0.25) is 0 Å². The number of hydrogen-bond acceptors (Lipinski definition) is 7. The summed E-state index contributed by atoms with van der Waals surface area (Å²) in [7, 11) is 0. The van der Waals surface area contributed by atoms with Crippen molar-refractivity contribution < 1.29 is 9.53 Å². The van der Waals surface area contributed by atoms with Crippen molar-refractivity contribution in [1.29, 1.82) is 0 Å². The van der Waals surface area contributed by atoms with Gasteiger partial charge in [-0.25, -0.2) is 14.6 Å². The minimum absolute atomic E-state index is 0.204. The molecule has 2 aromatic heterocycles. The van der Waals surface area contributed by atoms with Gasteiger partial charge in [-0.1, -0.05) is 55.9 Å². The van der Waals surface area contributed by atoms with E-state index in [-0.39, 0.29) is 5.91 Å². The lowest BCUT2D eigenvalue weighted by Crippen LogP contribution is -2.27. The van der Waals surface area contributed by atoms with Gasteiger partial charge in [0.1, 0.15) is 17.3 Å². The molecule has 176 valence electrons. The van der Waals surface area contributed by atoms with E-state index in [2.05, 4.69) is 34.6 Å². The van der Waals surface area contributed by atoms with E-state index >= 15 is 0 Å². The first-order chi connectivity index (χ1) is 16.7. The lowest BCUT2D eigenvalue weighted by atomic mass is 10.2. The first-order valence-corrected chi connectivity index (χ1v) is 12.4. The van der Waals surface area contributed by atoms with Crippen LogP contribution in [-0.2, 0) is 6.54 Å². The second kappa shape index (κ2) is 11.5. The van der Waals surface area contributed by atoms with Crippen molar-refractivity contribution in [3.05, 3.63) is 66.4 Å². The van der Waals surface area contributed by atoms with E-state index in [1.807, 2.05) is 42.5 Å². The molecule has 4 aromatic rings. The van der Waals surface area contributed by atoms with Gasteiger partial charge in [-0.2, -0.15) is 5.10 Å². The summed E-state index contributed by atoms with van der Waals surface area (Å²) >= 11 is 1.59. The van der Waals surface area contributed by atoms with Crippen LogP contribution < -0.4 is 15.4 Å². The van der Waals surface area contributed by atoms with E-state index in [4.69, 9.17) is 9.72 Å². The van der Waals surface area contributed by atoms with Gasteiger partial charge in [-0.3, -0.25) is 4.79 Å². The molecule has 0 spiro atoms. The summed E-state index contributed by atoms with van der Waals surface area (Å²) in [5.41, 5.74) is 1.23. The summed E-state index contributed by atoms with van der Waals surface area (Å²) < 4.78 is 7.72. The normalized spacial score (nSPS) is 10.9. The van der Waals surface area contributed by atoms with Crippen molar-refractivity contribution in [2.24, 2.45) is 0 Å². The fraction of sp³-hybridized carbons (Fsp3) is 0.280. The number of nitrogens with zero attached hydrogens (tertiary/aromatic N) is 4. The number of rotatable bonds is 11. The number of amides is 1. The Labute approximate surface area is 203 Å². The number of carbonyl (C=O) groups excluding carboxylic acids is 1. The molecule has 0 aliphatic heterocycles. The summed E-state index contributed by atoms with van der Waals surface area (Å²) in [6, 6.07) is 16.6. The largest absolute Gasteiger partial charge is 0.457 e. The lowest BCUT2D eigenvalue weighted by Gasteiger charge is -2.12.